The van der Waals surface area contributed by atoms with E-state index in [1.807, 2.05) is 13.8 Å². The lowest BCUT2D eigenvalue weighted by Gasteiger charge is -2.23. The highest BCUT2D eigenvalue weighted by atomic mass is 32.2. The van der Waals surface area contributed by atoms with Crippen LogP contribution in [0.4, 0.5) is 5.69 Å². The van der Waals surface area contributed by atoms with Crippen LogP contribution in [0.2, 0.25) is 0 Å². The number of rotatable bonds is 6. The van der Waals surface area contributed by atoms with E-state index in [4.69, 9.17) is 4.74 Å². The van der Waals surface area contributed by atoms with Crippen molar-refractivity contribution < 1.29 is 22.7 Å². The van der Waals surface area contributed by atoms with Crippen molar-refractivity contribution in [2.45, 2.75) is 46.1 Å². The van der Waals surface area contributed by atoms with Crippen molar-refractivity contribution in [2.75, 3.05) is 24.7 Å². The zero-order chi connectivity index (χ0) is 19.5. The predicted octanol–water partition coefficient (Wildman–Crippen LogP) is 2.23. The van der Waals surface area contributed by atoms with E-state index in [0.717, 1.165) is 11.1 Å². The van der Waals surface area contributed by atoms with Crippen molar-refractivity contribution in [1.29, 1.82) is 0 Å². The highest BCUT2D eigenvalue weighted by molar-refractivity contribution is 7.89. The Hall–Kier alpha value is -1.93. The van der Waals surface area contributed by atoms with Crippen LogP contribution < -0.4 is 5.32 Å². The van der Waals surface area contributed by atoms with Gasteiger partial charge in [0, 0.05) is 12.2 Å². The van der Waals surface area contributed by atoms with Crippen molar-refractivity contribution >= 4 is 27.6 Å². The van der Waals surface area contributed by atoms with E-state index in [0.29, 0.717) is 37.1 Å². The molecule has 144 valence electrons. The summed E-state index contributed by atoms with van der Waals surface area (Å²) in [5, 5.41) is 2.76. The lowest BCUT2D eigenvalue weighted by molar-refractivity contribution is -0.119. The van der Waals surface area contributed by atoms with Gasteiger partial charge in [0.15, 0.2) is 0 Å². The molecule has 0 aromatic heterocycles. The van der Waals surface area contributed by atoms with E-state index in [1.54, 1.807) is 19.1 Å². The lowest BCUT2D eigenvalue weighted by atomic mass is 10.0. The van der Waals surface area contributed by atoms with Crippen LogP contribution in [0.15, 0.2) is 12.1 Å². The molecule has 0 aliphatic carbocycles. The Bertz CT molecular complexity index is 804. The summed E-state index contributed by atoms with van der Waals surface area (Å²) in [6.07, 6.45) is 1.65. The molecule has 7 nitrogen and oxygen atoms in total. The minimum absolute atomic E-state index is 0.0346. The van der Waals surface area contributed by atoms with Gasteiger partial charge in [0.05, 0.1) is 18.4 Å². The molecular formula is C18H26N2O5S. The van der Waals surface area contributed by atoms with Crippen LogP contribution in [0, 0.1) is 13.8 Å². The van der Waals surface area contributed by atoms with Gasteiger partial charge >= 0.3 is 5.97 Å². The number of amides is 1. The Morgan fingerprint density at radius 1 is 1.31 bits per heavy atom. The molecule has 1 unspecified atom stereocenters. The smallest absolute Gasteiger partial charge is 0.338 e. The summed E-state index contributed by atoms with van der Waals surface area (Å²) in [6, 6.07) is 2.61. The molecule has 2 rings (SSSR count). The van der Waals surface area contributed by atoms with Crippen molar-refractivity contribution in [1.82, 2.24) is 4.31 Å². The third-order valence-corrected chi connectivity index (χ3v) is 6.74. The Morgan fingerprint density at radius 2 is 2.00 bits per heavy atom. The number of esters is 1. The molecule has 0 bridgehead atoms. The fraction of sp³-hybridized carbons (Fsp3) is 0.556. The lowest BCUT2D eigenvalue weighted by Crippen LogP contribution is -2.44. The fourth-order valence-corrected chi connectivity index (χ4v) is 4.94. The van der Waals surface area contributed by atoms with E-state index in [2.05, 4.69) is 5.32 Å². The molecule has 1 amide bonds. The van der Waals surface area contributed by atoms with Crippen molar-refractivity contribution in [2.24, 2.45) is 0 Å². The Morgan fingerprint density at radius 3 is 2.62 bits per heavy atom. The first-order chi connectivity index (χ1) is 12.2. The first kappa shape index (κ1) is 20.4. The summed E-state index contributed by atoms with van der Waals surface area (Å²) >= 11 is 0. The van der Waals surface area contributed by atoms with E-state index in [-0.39, 0.29) is 11.7 Å². The van der Waals surface area contributed by atoms with E-state index in [9.17, 15) is 18.0 Å². The van der Waals surface area contributed by atoms with Crippen LogP contribution in [-0.2, 0) is 19.6 Å². The maximum absolute atomic E-state index is 12.7. The van der Waals surface area contributed by atoms with Gasteiger partial charge in [-0.05, 0) is 56.4 Å². The van der Waals surface area contributed by atoms with Gasteiger partial charge in [-0.1, -0.05) is 6.92 Å². The summed E-state index contributed by atoms with van der Waals surface area (Å²) < 4.78 is 30.8. The standard InChI is InChI=1S/C18H26N2O5S/c1-5-9-26(23,24)20-8-6-7-16(20)17(21)19-14-10-12(2)13(3)15(11-14)18(22)25-4/h10-11,16H,5-9H2,1-4H3,(H,19,21). The van der Waals surface area contributed by atoms with Gasteiger partial charge in [-0.15, -0.1) is 0 Å². The molecule has 1 heterocycles. The maximum Gasteiger partial charge on any atom is 0.338 e. The quantitative estimate of drug-likeness (QED) is 0.762. The minimum atomic E-state index is -3.44. The average Bonchev–Trinajstić information content (AvgIpc) is 3.08. The van der Waals surface area contributed by atoms with Crippen molar-refractivity contribution in [3.8, 4) is 0 Å². The first-order valence-corrected chi connectivity index (χ1v) is 10.3. The second kappa shape index (κ2) is 8.18. The van der Waals surface area contributed by atoms with Crippen molar-refractivity contribution in [3.63, 3.8) is 0 Å². The number of sulfonamides is 1. The zero-order valence-corrected chi connectivity index (χ0v) is 16.5. The fourth-order valence-electron chi connectivity index (χ4n) is 3.19. The van der Waals surface area contributed by atoms with Gasteiger partial charge in [-0.25, -0.2) is 13.2 Å². The van der Waals surface area contributed by atoms with Gasteiger partial charge in [-0.2, -0.15) is 4.31 Å². The van der Waals surface area contributed by atoms with E-state index in [1.165, 1.54) is 11.4 Å². The molecule has 26 heavy (non-hydrogen) atoms. The molecule has 0 saturated carbocycles. The maximum atomic E-state index is 12.7. The van der Waals surface area contributed by atoms with Crippen LogP contribution in [-0.4, -0.2) is 50.0 Å². The third kappa shape index (κ3) is 4.24. The zero-order valence-electron chi connectivity index (χ0n) is 15.7. The Balaban J connectivity index is 2.24. The number of hydrogen-bond acceptors (Lipinski definition) is 5. The SMILES string of the molecule is CCCS(=O)(=O)N1CCCC1C(=O)Nc1cc(C)c(C)c(C(=O)OC)c1. The van der Waals surface area contributed by atoms with Crippen LogP contribution in [0.3, 0.4) is 0 Å². The summed E-state index contributed by atoms with van der Waals surface area (Å²) in [7, 11) is -2.14. The average molecular weight is 382 g/mol. The normalized spacial score (nSPS) is 17.9. The molecule has 1 aromatic carbocycles. The number of carbonyl (C=O) groups excluding carboxylic acids is 2. The second-order valence-electron chi connectivity index (χ2n) is 6.53. The molecule has 1 aliphatic heterocycles. The number of benzene rings is 1. The van der Waals surface area contributed by atoms with Crippen LogP contribution >= 0.6 is 0 Å². The highest BCUT2D eigenvalue weighted by Crippen LogP contribution is 2.25. The molecule has 1 N–H and O–H groups in total. The predicted molar refractivity (Wildman–Crippen MR) is 99.7 cm³/mol. The number of carbonyl (C=O) groups is 2. The summed E-state index contributed by atoms with van der Waals surface area (Å²) in [5.41, 5.74) is 2.45. The molecule has 1 fully saturated rings. The number of anilines is 1. The molecule has 1 atom stereocenters. The van der Waals surface area contributed by atoms with Crippen LogP contribution in [0.5, 0.6) is 0 Å². The molecular weight excluding hydrogens is 356 g/mol. The molecule has 1 aromatic rings. The van der Waals surface area contributed by atoms with Gasteiger partial charge in [-0.3, -0.25) is 4.79 Å². The van der Waals surface area contributed by atoms with Gasteiger partial charge in [0.25, 0.3) is 0 Å². The number of nitrogens with zero attached hydrogens (tertiary/aromatic N) is 1. The number of methoxy groups -OCH3 is 1. The Labute approximate surface area is 154 Å². The van der Waals surface area contributed by atoms with Gasteiger partial charge < -0.3 is 10.1 Å². The van der Waals surface area contributed by atoms with Crippen LogP contribution in [0.1, 0.15) is 47.7 Å². The monoisotopic (exact) mass is 382 g/mol. The van der Waals surface area contributed by atoms with E-state index >= 15 is 0 Å². The number of aryl methyl sites for hydroxylation is 1. The van der Waals surface area contributed by atoms with Gasteiger partial charge in [0.2, 0.25) is 15.9 Å². The van der Waals surface area contributed by atoms with Crippen molar-refractivity contribution in [3.05, 3.63) is 28.8 Å². The number of hydrogen-bond donors (Lipinski definition) is 1. The molecule has 8 heteroatoms. The minimum Gasteiger partial charge on any atom is -0.465 e. The first-order valence-electron chi connectivity index (χ1n) is 8.71. The largest absolute Gasteiger partial charge is 0.465 e. The number of nitrogens with one attached hydrogen (secondary N) is 1. The van der Waals surface area contributed by atoms with Gasteiger partial charge in [0.1, 0.15) is 6.04 Å². The van der Waals surface area contributed by atoms with E-state index < -0.39 is 22.0 Å². The third-order valence-electron chi connectivity index (χ3n) is 4.67. The summed E-state index contributed by atoms with van der Waals surface area (Å²) in [6.45, 7) is 5.81. The second-order valence-corrected chi connectivity index (χ2v) is 8.57. The molecule has 1 saturated heterocycles. The molecule has 0 radical (unpaired) electrons. The van der Waals surface area contributed by atoms with Crippen LogP contribution in [0.25, 0.3) is 0 Å². The molecule has 1 aliphatic rings. The highest BCUT2D eigenvalue weighted by Gasteiger charge is 2.38. The summed E-state index contributed by atoms with van der Waals surface area (Å²) in [4.78, 5) is 24.6. The Kier molecular flexibility index (Phi) is 6.41. The molecule has 0 spiro atoms. The summed E-state index contributed by atoms with van der Waals surface area (Å²) in [5.74, 6) is -0.816. The number of ether oxygens (including phenoxy) is 1. The topological polar surface area (TPSA) is 92.8 Å².